The summed E-state index contributed by atoms with van der Waals surface area (Å²) in [7, 11) is 0. The highest BCUT2D eigenvalue weighted by Crippen LogP contribution is 2.30. The van der Waals surface area contributed by atoms with Crippen LogP contribution in [0.3, 0.4) is 0 Å². The monoisotopic (exact) mass is 562 g/mol. The lowest BCUT2D eigenvalue weighted by Gasteiger charge is -2.25. The summed E-state index contributed by atoms with van der Waals surface area (Å²) in [5.41, 5.74) is 0.513. The van der Waals surface area contributed by atoms with Gasteiger partial charge in [-0.05, 0) is 69.0 Å². The predicted molar refractivity (Wildman–Crippen MR) is 110 cm³/mol. The molecule has 0 radical (unpaired) electrons. The lowest BCUT2D eigenvalue weighted by atomic mass is 10.1. The van der Waals surface area contributed by atoms with Crippen LogP contribution < -0.4 is 10.1 Å². The van der Waals surface area contributed by atoms with Crippen LogP contribution in [0.2, 0.25) is 0 Å². The first-order valence-corrected chi connectivity index (χ1v) is 9.09. The first kappa shape index (κ1) is 19.5. The second kappa shape index (κ2) is 8.48. The molecule has 0 aliphatic carbocycles. The zero-order chi connectivity index (χ0) is 18.6. The molecule has 1 heterocycles. The fourth-order valence-corrected chi connectivity index (χ4v) is 4.20. The number of hydrogen-bond donors (Lipinski definition) is 1. The van der Waals surface area contributed by atoms with Gasteiger partial charge in [0.1, 0.15) is 17.9 Å². The molecule has 25 heavy (non-hydrogen) atoms. The smallest absolute Gasteiger partial charge is 0.331 e. The van der Waals surface area contributed by atoms with Crippen LogP contribution in [-0.2, 0) is 9.59 Å². The molecule has 2 rings (SSSR count). The molecule has 128 valence electrons. The van der Waals surface area contributed by atoms with Gasteiger partial charge in [0.2, 0.25) is 0 Å². The molecular weight excluding hydrogens is 550 g/mol. The van der Waals surface area contributed by atoms with Crippen molar-refractivity contribution in [3.05, 3.63) is 43.1 Å². The minimum Gasteiger partial charge on any atom is -0.479 e. The van der Waals surface area contributed by atoms with Crippen molar-refractivity contribution in [2.75, 3.05) is 13.2 Å². The molecule has 6 nitrogen and oxygen atoms in total. The summed E-state index contributed by atoms with van der Waals surface area (Å²) in [5.74, 6) is 1.65. The number of halogens is 2. The molecule has 1 aromatic rings. The third-order valence-corrected chi connectivity index (χ3v) is 4.73. The van der Waals surface area contributed by atoms with Crippen molar-refractivity contribution in [1.29, 1.82) is 0 Å². The Morgan fingerprint density at radius 1 is 1.28 bits per heavy atom. The summed E-state index contributed by atoms with van der Waals surface area (Å²) in [6.07, 6.45) is 8.05. The zero-order valence-electron chi connectivity index (χ0n) is 12.8. The van der Waals surface area contributed by atoms with Gasteiger partial charge >= 0.3 is 6.03 Å². The van der Waals surface area contributed by atoms with Gasteiger partial charge in [-0.25, -0.2) is 4.79 Å². The van der Waals surface area contributed by atoms with Gasteiger partial charge in [0.25, 0.3) is 11.8 Å². The molecule has 1 aliphatic rings. The predicted octanol–water partition coefficient (Wildman–Crippen LogP) is 2.56. The molecule has 0 atom stereocenters. The molecule has 0 unspecified atom stereocenters. The summed E-state index contributed by atoms with van der Waals surface area (Å²) in [5, 5.41) is 2.14. The molecule has 1 aliphatic heterocycles. The molecular formula is C17H12I2N2O4. The minimum absolute atomic E-state index is 0.0171. The van der Waals surface area contributed by atoms with Gasteiger partial charge < -0.3 is 4.74 Å². The molecule has 8 heteroatoms. The normalized spacial score (nSPS) is 15.8. The van der Waals surface area contributed by atoms with Crippen molar-refractivity contribution >= 4 is 69.1 Å². The van der Waals surface area contributed by atoms with Gasteiger partial charge in [-0.2, -0.15) is 0 Å². The van der Waals surface area contributed by atoms with Crippen molar-refractivity contribution in [3.63, 3.8) is 0 Å². The van der Waals surface area contributed by atoms with Gasteiger partial charge in [-0.1, -0.05) is 12.0 Å². The average Bonchev–Trinajstić information content (AvgIpc) is 2.55. The van der Waals surface area contributed by atoms with E-state index in [4.69, 9.17) is 11.2 Å². The van der Waals surface area contributed by atoms with Crippen LogP contribution >= 0.6 is 45.2 Å². The Bertz CT molecular complexity index is 817. The Balaban J connectivity index is 2.40. The molecule has 0 saturated carbocycles. The Kier molecular flexibility index (Phi) is 6.60. The van der Waals surface area contributed by atoms with Gasteiger partial charge in [-0.3, -0.25) is 19.8 Å². The molecule has 1 aromatic carbocycles. The highest BCUT2D eigenvalue weighted by Gasteiger charge is 2.34. The topological polar surface area (TPSA) is 75.7 Å². The summed E-state index contributed by atoms with van der Waals surface area (Å²) in [6, 6.07) is 2.77. The van der Waals surface area contributed by atoms with Crippen molar-refractivity contribution in [1.82, 2.24) is 10.2 Å². The van der Waals surface area contributed by atoms with Crippen LogP contribution in [0.25, 0.3) is 6.08 Å². The molecule has 1 saturated heterocycles. The SMILES string of the molecule is C#CCOc1c(I)cc(C=C2C(=O)NC(=O)N(CC=C)C2=O)cc1I. The average molecular weight is 562 g/mol. The van der Waals surface area contributed by atoms with Crippen LogP contribution in [0, 0.1) is 19.5 Å². The van der Waals surface area contributed by atoms with Crippen molar-refractivity contribution in [3.8, 4) is 18.1 Å². The highest BCUT2D eigenvalue weighted by molar-refractivity contribution is 14.1. The quantitative estimate of drug-likeness (QED) is 0.197. The number of amides is 4. The number of urea groups is 1. The van der Waals surface area contributed by atoms with E-state index in [0.29, 0.717) is 11.3 Å². The number of imide groups is 2. The molecule has 0 bridgehead atoms. The fourth-order valence-electron chi connectivity index (χ4n) is 2.07. The van der Waals surface area contributed by atoms with E-state index < -0.39 is 17.8 Å². The maximum absolute atomic E-state index is 12.4. The van der Waals surface area contributed by atoms with Crippen LogP contribution in [0.5, 0.6) is 5.75 Å². The second-order valence-corrected chi connectivity index (χ2v) is 7.15. The molecule has 4 amide bonds. The van der Waals surface area contributed by atoms with Crippen molar-refractivity contribution < 1.29 is 19.1 Å². The van der Waals surface area contributed by atoms with E-state index in [0.717, 1.165) is 12.0 Å². The van der Waals surface area contributed by atoms with Gasteiger partial charge in [0.05, 0.1) is 7.14 Å². The van der Waals surface area contributed by atoms with Crippen LogP contribution in [0.1, 0.15) is 5.56 Å². The standard InChI is InChI=1S/C17H12I2N2O4/c1-3-5-21-16(23)11(15(22)20-17(21)24)7-10-8-12(18)14(13(19)9-10)25-6-4-2/h2-3,7-9H,1,5-6H2,(H,20,22,24). The number of terminal acetylenes is 1. The first-order chi connectivity index (χ1) is 11.9. The minimum atomic E-state index is -0.755. The van der Waals surface area contributed by atoms with Crippen molar-refractivity contribution in [2.24, 2.45) is 0 Å². The Hall–Kier alpha value is -1.87. The summed E-state index contributed by atoms with van der Waals surface area (Å²) in [6.45, 7) is 3.66. The Labute approximate surface area is 171 Å². The van der Waals surface area contributed by atoms with E-state index >= 15 is 0 Å². The number of carbonyl (C=O) groups excluding carboxylic acids is 3. The third kappa shape index (κ3) is 4.40. The number of benzene rings is 1. The van der Waals surface area contributed by atoms with E-state index in [2.05, 4.69) is 63.0 Å². The van der Waals surface area contributed by atoms with E-state index in [-0.39, 0.29) is 18.7 Å². The van der Waals surface area contributed by atoms with E-state index in [1.807, 2.05) is 0 Å². The number of carbonyl (C=O) groups is 3. The third-order valence-electron chi connectivity index (χ3n) is 3.13. The Morgan fingerprint density at radius 2 is 1.92 bits per heavy atom. The molecule has 0 spiro atoms. The number of hydrogen-bond acceptors (Lipinski definition) is 4. The summed E-state index contributed by atoms with van der Waals surface area (Å²) in [4.78, 5) is 37.1. The number of barbiturate groups is 1. The van der Waals surface area contributed by atoms with Crippen LogP contribution in [0.4, 0.5) is 4.79 Å². The Morgan fingerprint density at radius 3 is 2.48 bits per heavy atom. The number of rotatable bonds is 5. The molecule has 1 fully saturated rings. The van der Waals surface area contributed by atoms with E-state index in [1.165, 1.54) is 12.2 Å². The fraction of sp³-hybridized carbons (Fsp3) is 0.118. The maximum atomic E-state index is 12.4. The maximum Gasteiger partial charge on any atom is 0.331 e. The lowest BCUT2D eigenvalue weighted by Crippen LogP contribution is -2.54. The number of nitrogens with zero attached hydrogens (tertiary/aromatic N) is 1. The largest absolute Gasteiger partial charge is 0.479 e. The first-order valence-electron chi connectivity index (χ1n) is 6.94. The summed E-state index contributed by atoms with van der Waals surface area (Å²) < 4.78 is 7.06. The van der Waals surface area contributed by atoms with Gasteiger partial charge in [0.15, 0.2) is 0 Å². The number of nitrogens with one attached hydrogen (secondary N) is 1. The van der Waals surface area contributed by atoms with Gasteiger partial charge in [-0.15, -0.1) is 13.0 Å². The molecule has 1 N–H and O–H groups in total. The second-order valence-electron chi connectivity index (χ2n) is 4.83. The van der Waals surface area contributed by atoms with E-state index in [9.17, 15) is 14.4 Å². The van der Waals surface area contributed by atoms with Gasteiger partial charge in [0, 0.05) is 6.54 Å². The number of ether oxygens (including phenoxy) is 1. The lowest BCUT2D eigenvalue weighted by molar-refractivity contribution is -0.129. The van der Waals surface area contributed by atoms with Crippen molar-refractivity contribution in [2.45, 2.75) is 0 Å². The zero-order valence-corrected chi connectivity index (χ0v) is 17.2. The highest BCUT2D eigenvalue weighted by atomic mass is 127. The molecule has 0 aromatic heterocycles. The van der Waals surface area contributed by atoms with Crippen LogP contribution in [0.15, 0.2) is 30.4 Å². The van der Waals surface area contributed by atoms with Crippen LogP contribution in [-0.4, -0.2) is 35.9 Å². The summed E-state index contributed by atoms with van der Waals surface area (Å²) >= 11 is 4.17. The van der Waals surface area contributed by atoms with E-state index in [1.54, 1.807) is 12.1 Å².